The third-order valence-corrected chi connectivity index (χ3v) is 0.575. The highest BCUT2D eigenvalue weighted by atomic mass is 16.7. The van der Waals surface area contributed by atoms with Gasteiger partial charge in [-0.3, -0.25) is 0 Å². The fourth-order valence-corrected chi connectivity index (χ4v) is 0.271. The van der Waals surface area contributed by atoms with Gasteiger partial charge < -0.3 is 9.84 Å². The zero-order valence-corrected chi connectivity index (χ0v) is 4.91. The molecule has 50 valence electrons. The standard InChI is InChI=1S/C6H8O3/c1-2-3-4-5-9-6(7)8/h2-4H,1,5H2,(H,7,8). The second-order valence-electron chi connectivity index (χ2n) is 1.24. The Balaban J connectivity index is 3.19. The van der Waals surface area contributed by atoms with Gasteiger partial charge in [-0.1, -0.05) is 18.7 Å². The summed E-state index contributed by atoms with van der Waals surface area (Å²) in [5.41, 5.74) is 0. The van der Waals surface area contributed by atoms with Gasteiger partial charge in [0.05, 0.1) is 0 Å². The van der Waals surface area contributed by atoms with Gasteiger partial charge in [-0.05, 0) is 6.08 Å². The molecule has 0 fully saturated rings. The van der Waals surface area contributed by atoms with Crippen molar-refractivity contribution in [2.24, 2.45) is 0 Å². The third-order valence-electron chi connectivity index (χ3n) is 0.575. The van der Waals surface area contributed by atoms with E-state index in [1.807, 2.05) is 0 Å². The van der Waals surface area contributed by atoms with Crippen LogP contribution in [0.5, 0.6) is 0 Å². The highest BCUT2D eigenvalue weighted by molar-refractivity contribution is 5.56. The van der Waals surface area contributed by atoms with E-state index < -0.39 is 6.16 Å². The third kappa shape index (κ3) is 6.75. The molecule has 0 radical (unpaired) electrons. The minimum absolute atomic E-state index is 0.0847. The fourth-order valence-electron chi connectivity index (χ4n) is 0.271. The number of carboxylic acid groups (broad SMARTS) is 1. The molecule has 3 nitrogen and oxygen atoms in total. The smallest absolute Gasteiger partial charge is 0.450 e. The van der Waals surface area contributed by atoms with Crippen LogP contribution in [-0.2, 0) is 4.74 Å². The molecule has 0 heterocycles. The molecule has 0 bridgehead atoms. The normalized spacial score (nSPS) is 9.33. The first kappa shape index (κ1) is 7.75. The van der Waals surface area contributed by atoms with Crippen LogP contribution in [-0.4, -0.2) is 17.9 Å². The molecule has 9 heavy (non-hydrogen) atoms. The van der Waals surface area contributed by atoms with E-state index in [-0.39, 0.29) is 6.61 Å². The zero-order valence-electron chi connectivity index (χ0n) is 4.91. The molecule has 1 N–H and O–H groups in total. The molecule has 0 aromatic rings. The lowest BCUT2D eigenvalue weighted by Crippen LogP contribution is -1.98. The van der Waals surface area contributed by atoms with Gasteiger partial charge in [0.1, 0.15) is 6.61 Å². The van der Waals surface area contributed by atoms with Gasteiger partial charge in [0, 0.05) is 0 Å². The Kier molecular flexibility index (Phi) is 4.22. The maximum absolute atomic E-state index is 9.68. The Bertz CT molecular complexity index is 126. The Morgan fingerprint density at radius 3 is 2.89 bits per heavy atom. The highest BCUT2D eigenvalue weighted by Crippen LogP contribution is 1.78. The van der Waals surface area contributed by atoms with Crippen LogP contribution >= 0.6 is 0 Å². The summed E-state index contributed by atoms with van der Waals surface area (Å²) in [6.45, 7) is 3.47. The molecule has 0 aliphatic rings. The van der Waals surface area contributed by atoms with E-state index in [1.54, 1.807) is 18.2 Å². The molecule has 0 aromatic heterocycles. The van der Waals surface area contributed by atoms with Gasteiger partial charge >= 0.3 is 6.16 Å². The first-order valence-electron chi connectivity index (χ1n) is 2.40. The van der Waals surface area contributed by atoms with E-state index >= 15 is 0 Å². The largest absolute Gasteiger partial charge is 0.506 e. The van der Waals surface area contributed by atoms with Gasteiger partial charge in [0.25, 0.3) is 0 Å². The SMILES string of the molecule is C=CC=CCOC(=O)O. The quantitative estimate of drug-likeness (QED) is 0.462. The summed E-state index contributed by atoms with van der Waals surface area (Å²) in [5, 5.41) is 7.93. The zero-order chi connectivity index (χ0) is 7.11. The van der Waals surface area contributed by atoms with Crippen molar-refractivity contribution in [3.63, 3.8) is 0 Å². The average Bonchev–Trinajstić information content (AvgIpc) is 1.80. The van der Waals surface area contributed by atoms with E-state index in [9.17, 15) is 4.79 Å². The van der Waals surface area contributed by atoms with Crippen molar-refractivity contribution in [2.75, 3.05) is 6.61 Å². The minimum atomic E-state index is -1.26. The molecular formula is C6H8O3. The van der Waals surface area contributed by atoms with Crippen LogP contribution in [0.15, 0.2) is 24.8 Å². The van der Waals surface area contributed by atoms with Gasteiger partial charge in [-0.2, -0.15) is 0 Å². The Morgan fingerprint density at radius 1 is 1.78 bits per heavy atom. The number of rotatable bonds is 3. The van der Waals surface area contributed by atoms with Crippen LogP contribution in [0.3, 0.4) is 0 Å². The van der Waals surface area contributed by atoms with Crippen LogP contribution in [0.2, 0.25) is 0 Å². The van der Waals surface area contributed by atoms with Crippen molar-refractivity contribution in [1.29, 1.82) is 0 Å². The van der Waals surface area contributed by atoms with Crippen molar-refractivity contribution < 1.29 is 14.6 Å². The van der Waals surface area contributed by atoms with E-state index in [2.05, 4.69) is 11.3 Å². The van der Waals surface area contributed by atoms with E-state index in [1.165, 1.54) is 0 Å². The van der Waals surface area contributed by atoms with Crippen LogP contribution < -0.4 is 0 Å². The number of ether oxygens (including phenoxy) is 1. The summed E-state index contributed by atoms with van der Waals surface area (Å²) >= 11 is 0. The van der Waals surface area contributed by atoms with Crippen LogP contribution in [0.1, 0.15) is 0 Å². The maximum Gasteiger partial charge on any atom is 0.506 e. The molecule has 0 saturated heterocycles. The lowest BCUT2D eigenvalue weighted by Gasteiger charge is -1.90. The predicted octanol–water partition coefficient (Wildman–Crippen LogP) is 1.42. The molecule has 0 aliphatic carbocycles. The van der Waals surface area contributed by atoms with E-state index in [0.29, 0.717) is 0 Å². The van der Waals surface area contributed by atoms with Crippen molar-refractivity contribution in [3.05, 3.63) is 24.8 Å². The monoisotopic (exact) mass is 128 g/mol. The van der Waals surface area contributed by atoms with Crippen molar-refractivity contribution >= 4 is 6.16 Å². The van der Waals surface area contributed by atoms with Crippen LogP contribution in [0.4, 0.5) is 4.79 Å². The molecular weight excluding hydrogens is 120 g/mol. The Hall–Kier alpha value is -1.25. The van der Waals surface area contributed by atoms with Crippen LogP contribution in [0.25, 0.3) is 0 Å². The molecule has 0 aliphatic heterocycles. The average molecular weight is 128 g/mol. The Morgan fingerprint density at radius 2 is 2.44 bits per heavy atom. The first-order valence-corrected chi connectivity index (χ1v) is 2.40. The molecule has 0 amide bonds. The van der Waals surface area contributed by atoms with E-state index in [4.69, 9.17) is 5.11 Å². The number of allylic oxidation sites excluding steroid dienone is 2. The van der Waals surface area contributed by atoms with Gasteiger partial charge in [-0.15, -0.1) is 0 Å². The topological polar surface area (TPSA) is 46.5 Å². The molecule has 0 unspecified atom stereocenters. The van der Waals surface area contributed by atoms with Crippen LogP contribution in [0, 0.1) is 0 Å². The summed E-state index contributed by atoms with van der Waals surface area (Å²) in [6.07, 6.45) is 3.46. The molecule has 0 saturated carbocycles. The second kappa shape index (κ2) is 4.90. The summed E-state index contributed by atoms with van der Waals surface area (Å²) < 4.78 is 4.13. The Labute approximate surface area is 53.3 Å². The molecule has 0 rings (SSSR count). The molecule has 0 spiro atoms. The second-order valence-corrected chi connectivity index (χ2v) is 1.24. The fraction of sp³-hybridized carbons (Fsp3) is 0.167. The van der Waals surface area contributed by atoms with Crippen molar-refractivity contribution in [2.45, 2.75) is 0 Å². The lowest BCUT2D eigenvalue weighted by atomic mass is 10.5. The summed E-state index contributed by atoms with van der Waals surface area (Å²) in [6, 6.07) is 0. The van der Waals surface area contributed by atoms with Crippen molar-refractivity contribution in [1.82, 2.24) is 0 Å². The number of hydrogen-bond acceptors (Lipinski definition) is 2. The maximum atomic E-state index is 9.68. The summed E-state index contributed by atoms with van der Waals surface area (Å²) in [4.78, 5) is 9.68. The predicted molar refractivity (Wildman–Crippen MR) is 33.3 cm³/mol. The molecule has 3 heteroatoms. The lowest BCUT2D eigenvalue weighted by molar-refractivity contribution is 0.102. The van der Waals surface area contributed by atoms with Crippen molar-refractivity contribution in [3.8, 4) is 0 Å². The van der Waals surface area contributed by atoms with Gasteiger partial charge in [0.15, 0.2) is 0 Å². The minimum Gasteiger partial charge on any atom is -0.450 e. The van der Waals surface area contributed by atoms with Gasteiger partial charge in [0.2, 0.25) is 0 Å². The number of carbonyl (C=O) groups is 1. The molecule has 0 atom stereocenters. The van der Waals surface area contributed by atoms with E-state index in [0.717, 1.165) is 0 Å². The van der Waals surface area contributed by atoms with Gasteiger partial charge in [-0.25, -0.2) is 4.79 Å². The first-order chi connectivity index (χ1) is 4.27. The summed E-state index contributed by atoms with van der Waals surface area (Å²) in [7, 11) is 0. The molecule has 0 aromatic carbocycles. The summed E-state index contributed by atoms with van der Waals surface area (Å²) in [5.74, 6) is 0. The number of hydrogen-bond donors (Lipinski definition) is 1. The highest BCUT2D eigenvalue weighted by Gasteiger charge is 1.88.